The highest BCUT2D eigenvalue weighted by atomic mass is 32.1. The number of amides is 1. The summed E-state index contributed by atoms with van der Waals surface area (Å²) < 4.78 is 7.79. The molecule has 1 amide bonds. The first-order valence-corrected chi connectivity index (χ1v) is 10.0. The van der Waals surface area contributed by atoms with E-state index in [0.717, 1.165) is 11.3 Å². The summed E-state index contributed by atoms with van der Waals surface area (Å²) in [7, 11) is 0. The van der Waals surface area contributed by atoms with Gasteiger partial charge in [0.15, 0.2) is 0 Å². The van der Waals surface area contributed by atoms with Crippen molar-refractivity contribution in [3.8, 4) is 0 Å². The predicted molar refractivity (Wildman–Crippen MR) is 102 cm³/mol. The smallest absolute Gasteiger partial charge is 0.332 e. The SMILES string of the molecule is O=C(c1ccoc1)N1CC[C@@]2(CCn3c2nn(Cc2cccs2)c(=O)c3=O)C1. The fraction of sp³-hybridized carbons (Fsp3) is 0.368. The molecule has 2 aliphatic heterocycles. The Kier molecular flexibility index (Phi) is 3.87. The van der Waals surface area contributed by atoms with Gasteiger partial charge in [-0.3, -0.25) is 19.0 Å². The number of thiophene rings is 1. The predicted octanol–water partition coefficient (Wildman–Crippen LogP) is 1.30. The maximum atomic E-state index is 12.7. The molecule has 0 saturated carbocycles. The molecule has 0 aliphatic carbocycles. The number of likely N-dealkylation sites (tertiary alicyclic amines) is 1. The van der Waals surface area contributed by atoms with E-state index in [0.29, 0.717) is 37.4 Å². The highest BCUT2D eigenvalue weighted by molar-refractivity contribution is 7.09. The van der Waals surface area contributed by atoms with E-state index >= 15 is 0 Å². The zero-order valence-electron chi connectivity index (χ0n) is 15.0. The van der Waals surface area contributed by atoms with Gasteiger partial charge in [-0.1, -0.05) is 6.07 Å². The van der Waals surface area contributed by atoms with E-state index in [1.807, 2.05) is 17.5 Å². The van der Waals surface area contributed by atoms with Gasteiger partial charge < -0.3 is 9.32 Å². The molecule has 0 aromatic carbocycles. The summed E-state index contributed by atoms with van der Waals surface area (Å²) in [5.41, 5.74) is -0.997. The van der Waals surface area contributed by atoms with Gasteiger partial charge in [0.25, 0.3) is 5.91 Å². The molecule has 1 fully saturated rings. The van der Waals surface area contributed by atoms with E-state index in [1.54, 1.807) is 11.0 Å². The Labute approximate surface area is 163 Å². The fourth-order valence-corrected chi connectivity index (χ4v) is 4.92. The first kappa shape index (κ1) is 17.2. The summed E-state index contributed by atoms with van der Waals surface area (Å²) in [5.74, 6) is 0.537. The Balaban J connectivity index is 1.50. The van der Waals surface area contributed by atoms with Gasteiger partial charge in [0.1, 0.15) is 12.1 Å². The molecule has 1 saturated heterocycles. The first-order valence-electron chi connectivity index (χ1n) is 9.14. The van der Waals surface area contributed by atoms with Crippen molar-refractivity contribution in [1.82, 2.24) is 19.2 Å². The summed E-state index contributed by atoms with van der Waals surface area (Å²) in [4.78, 5) is 40.6. The number of furan rings is 1. The largest absolute Gasteiger partial charge is 0.472 e. The van der Waals surface area contributed by atoms with Gasteiger partial charge >= 0.3 is 11.1 Å². The van der Waals surface area contributed by atoms with Crippen LogP contribution in [-0.2, 0) is 18.5 Å². The Bertz CT molecular complexity index is 1150. The van der Waals surface area contributed by atoms with Gasteiger partial charge in [0.2, 0.25) is 0 Å². The number of aromatic nitrogens is 3. The van der Waals surface area contributed by atoms with Crippen LogP contribution in [0.4, 0.5) is 0 Å². The minimum Gasteiger partial charge on any atom is -0.472 e. The van der Waals surface area contributed by atoms with Crippen molar-refractivity contribution >= 4 is 17.2 Å². The molecule has 1 spiro atoms. The molecule has 5 rings (SSSR count). The number of fused-ring (bicyclic) bond motifs is 2. The van der Waals surface area contributed by atoms with E-state index in [9.17, 15) is 14.4 Å². The van der Waals surface area contributed by atoms with E-state index in [4.69, 9.17) is 4.42 Å². The maximum absolute atomic E-state index is 12.7. The van der Waals surface area contributed by atoms with Gasteiger partial charge in [-0.05, 0) is 30.4 Å². The Morgan fingerprint density at radius 1 is 1.21 bits per heavy atom. The van der Waals surface area contributed by atoms with Crippen LogP contribution < -0.4 is 11.1 Å². The first-order chi connectivity index (χ1) is 13.6. The lowest BCUT2D eigenvalue weighted by Gasteiger charge is -2.23. The Morgan fingerprint density at radius 3 is 2.82 bits per heavy atom. The summed E-state index contributed by atoms with van der Waals surface area (Å²) in [6.07, 6.45) is 4.35. The van der Waals surface area contributed by atoms with Gasteiger partial charge in [-0.2, -0.15) is 5.10 Å². The van der Waals surface area contributed by atoms with Crippen molar-refractivity contribution in [2.24, 2.45) is 0 Å². The molecule has 1 atom stereocenters. The van der Waals surface area contributed by atoms with Gasteiger partial charge in [0, 0.05) is 24.5 Å². The normalized spacial score (nSPS) is 20.8. The minimum atomic E-state index is -0.599. The second-order valence-corrected chi connectivity index (χ2v) is 8.37. The van der Waals surface area contributed by atoms with E-state index in [-0.39, 0.29) is 17.9 Å². The molecule has 0 N–H and O–H groups in total. The van der Waals surface area contributed by atoms with Crippen molar-refractivity contribution in [1.29, 1.82) is 0 Å². The van der Waals surface area contributed by atoms with Crippen LogP contribution in [0.3, 0.4) is 0 Å². The standard InChI is InChI=1S/C19H18N4O4S/c24-15(13-3-8-27-11-13)21-6-4-19(12-21)5-7-22-16(25)17(26)23(20-18(19)22)10-14-2-1-9-28-14/h1-3,8-9,11H,4-7,10,12H2/t19-/m1/s1. The van der Waals surface area contributed by atoms with Gasteiger partial charge in [-0.25, -0.2) is 4.68 Å². The molecule has 0 unspecified atom stereocenters. The van der Waals surface area contributed by atoms with E-state index in [2.05, 4.69) is 5.10 Å². The number of hydrogen-bond acceptors (Lipinski definition) is 6. The molecular formula is C19H18N4O4S. The lowest BCUT2D eigenvalue weighted by molar-refractivity contribution is 0.0782. The van der Waals surface area contributed by atoms with Crippen molar-refractivity contribution in [2.75, 3.05) is 13.1 Å². The third-order valence-electron chi connectivity index (χ3n) is 5.72. The molecule has 9 heteroatoms. The van der Waals surface area contributed by atoms with E-state index < -0.39 is 11.1 Å². The van der Waals surface area contributed by atoms with Crippen LogP contribution >= 0.6 is 11.3 Å². The summed E-state index contributed by atoms with van der Waals surface area (Å²) >= 11 is 1.52. The van der Waals surface area contributed by atoms with Gasteiger partial charge in [-0.15, -0.1) is 11.3 Å². The highest BCUT2D eigenvalue weighted by Crippen LogP contribution is 2.40. The molecule has 0 radical (unpaired) electrons. The van der Waals surface area contributed by atoms with Crippen molar-refractivity contribution in [2.45, 2.75) is 31.3 Å². The van der Waals surface area contributed by atoms with Crippen LogP contribution in [0.25, 0.3) is 0 Å². The zero-order valence-corrected chi connectivity index (χ0v) is 15.9. The number of carbonyl (C=O) groups excluding carboxylic acids is 1. The molecule has 3 aromatic rings. The molecule has 2 aliphatic rings. The average Bonchev–Trinajstić information content (AvgIpc) is 3.49. The van der Waals surface area contributed by atoms with Crippen LogP contribution in [-0.4, -0.2) is 38.2 Å². The molecule has 5 heterocycles. The van der Waals surface area contributed by atoms with Crippen molar-refractivity contribution in [3.63, 3.8) is 0 Å². The van der Waals surface area contributed by atoms with Crippen molar-refractivity contribution in [3.05, 3.63) is 73.1 Å². The van der Waals surface area contributed by atoms with Crippen molar-refractivity contribution < 1.29 is 9.21 Å². The zero-order chi connectivity index (χ0) is 19.3. The maximum Gasteiger partial charge on any atom is 0.332 e. The third kappa shape index (κ3) is 2.57. The Morgan fingerprint density at radius 2 is 2.07 bits per heavy atom. The van der Waals surface area contributed by atoms with Crippen LogP contribution in [0, 0.1) is 0 Å². The summed E-state index contributed by atoms with van der Waals surface area (Å²) in [6.45, 7) is 1.82. The molecule has 28 heavy (non-hydrogen) atoms. The fourth-order valence-electron chi connectivity index (χ4n) is 4.23. The molecule has 0 bridgehead atoms. The van der Waals surface area contributed by atoms with Gasteiger partial charge in [0.05, 0.1) is 23.8 Å². The quantitative estimate of drug-likeness (QED) is 0.620. The van der Waals surface area contributed by atoms with Crippen LogP contribution in [0.5, 0.6) is 0 Å². The third-order valence-corrected chi connectivity index (χ3v) is 6.58. The number of nitrogens with zero attached hydrogens (tertiary/aromatic N) is 4. The topological polar surface area (TPSA) is 90.3 Å². The second kappa shape index (κ2) is 6.30. The monoisotopic (exact) mass is 398 g/mol. The number of rotatable bonds is 3. The molecular weight excluding hydrogens is 380 g/mol. The lowest BCUT2D eigenvalue weighted by atomic mass is 9.85. The van der Waals surface area contributed by atoms with Crippen LogP contribution in [0.15, 0.2) is 50.1 Å². The summed E-state index contributed by atoms with van der Waals surface area (Å²) in [6, 6.07) is 5.47. The minimum absolute atomic E-state index is 0.0849. The van der Waals surface area contributed by atoms with Crippen LogP contribution in [0.2, 0.25) is 0 Å². The number of carbonyl (C=O) groups is 1. The molecule has 144 valence electrons. The Hall–Kier alpha value is -2.94. The second-order valence-electron chi connectivity index (χ2n) is 7.34. The average molecular weight is 398 g/mol. The number of hydrogen-bond donors (Lipinski definition) is 0. The molecule has 8 nitrogen and oxygen atoms in total. The highest BCUT2D eigenvalue weighted by Gasteiger charge is 2.48. The van der Waals surface area contributed by atoms with Crippen LogP contribution in [0.1, 0.15) is 33.9 Å². The van der Waals surface area contributed by atoms with E-state index in [1.165, 1.54) is 33.1 Å². The summed E-state index contributed by atoms with van der Waals surface area (Å²) in [5, 5.41) is 6.53. The lowest BCUT2D eigenvalue weighted by Crippen LogP contribution is -2.45. The molecule has 3 aromatic heterocycles.